The molecule has 3 rings (SSSR count). The summed E-state index contributed by atoms with van der Waals surface area (Å²) in [4.78, 5) is 26.5. The molecule has 2 aromatic rings. The van der Waals surface area contributed by atoms with Crippen molar-refractivity contribution in [2.45, 2.75) is 57.0 Å². The zero-order valence-corrected chi connectivity index (χ0v) is 17.4. The van der Waals surface area contributed by atoms with E-state index in [1.165, 1.54) is 17.8 Å². The topological polar surface area (TPSA) is 94.3 Å². The van der Waals surface area contributed by atoms with Crippen LogP contribution in [0.2, 0.25) is 0 Å². The number of benzene rings is 1. The highest BCUT2D eigenvalue weighted by Gasteiger charge is 2.39. The standard InChI is InChI=1S/C13H26N2O2.C8H5NOS/c1-17-13(8-4-2-5-9-13)12(16)15-11-7-3-6-10-14;10-5-8-9-6-3-1-2-4-7(6)11-8/h2-11,14H2,1H3,(H,15,16);1-5H. The van der Waals surface area contributed by atoms with Crippen LogP contribution in [0.4, 0.5) is 0 Å². The number of carbonyl (C=O) groups is 2. The number of fused-ring (bicyclic) bond motifs is 1. The van der Waals surface area contributed by atoms with Crippen LogP contribution in [0, 0.1) is 0 Å². The van der Waals surface area contributed by atoms with Gasteiger partial charge >= 0.3 is 0 Å². The molecule has 0 atom stereocenters. The number of carbonyl (C=O) groups excluding carboxylic acids is 2. The number of rotatable bonds is 8. The molecule has 6 nitrogen and oxygen atoms in total. The average molecular weight is 406 g/mol. The summed E-state index contributed by atoms with van der Waals surface area (Å²) in [5, 5.41) is 3.55. The van der Waals surface area contributed by atoms with Gasteiger partial charge in [0.2, 0.25) is 0 Å². The number of hydrogen-bond acceptors (Lipinski definition) is 6. The van der Waals surface area contributed by atoms with Gasteiger partial charge in [-0.3, -0.25) is 9.59 Å². The number of aromatic nitrogens is 1. The number of methoxy groups -OCH3 is 1. The van der Waals surface area contributed by atoms with Crippen molar-refractivity contribution >= 4 is 33.7 Å². The van der Waals surface area contributed by atoms with Crippen LogP contribution < -0.4 is 11.1 Å². The molecule has 0 bridgehead atoms. The highest BCUT2D eigenvalue weighted by Crippen LogP contribution is 2.31. The van der Waals surface area contributed by atoms with E-state index in [1.807, 2.05) is 24.3 Å². The van der Waals surface area contributed by atoms with E-state index in [0.717, 1.165) is 74.5 Å². The number of aldehydes is 1. The number of para-hydroxylation sites is 1. The van der Waals surface area contributed by atoms with E-state index in [9.17, 15) is 9.59 Å². The van der Waals surface area contributed by atoms with Gasteiger partial charge in [0, 0.05) is 13.7 Å². The van der Waals surface area contributed by atoms with Crippen LogP contribution in [0.15, 0.2) is 24.3 Å². The maximum atomic E-state index is 12.1. The molecule has 1 aliphatic carbocycles. The van der Waals surface area contributed by atoms with E-state index in [2.05, 4.69) is 10.3 Å². The summed E-state index contributed by atoms with van der Waals surface area (Å²) in [6.07, 6.45) is 9.02. The molecule has 1 aromatic heterocycles. The summed E-state index contributed by atoms with van der Waals surface area (Å²) in [6, 6.07) is 7.71. The van der Waals surface area contributed by atoms with Crippen LogP contribution in [0.5, 0.6) is 0 Å². The van der Waals surface area contributed by atoms with E-state index in [0.29, 0.717) is 5.01 Å². The van der Waals surface area contributed by atoms with Crippen LogP contribution in [-0.2, 0) is 9.53 Å². The third kappa shape index (κ3) is 6.36. The number of nitrogens with zero attached hydrogens (tertiary/aromatic N) is 1. The van der Waals surface area contributed by atoms with E-state index in [1.54, 1.807) is 7.11 Å². The van der Waals surface area contributed by atoms with Crippen molar-refractivity contribution in [2.24, 2.45) is 5.73 Å². The molecule has 1 fully saturated rings. The van der Waals surface area contributed by atoms with E-state index >= 15 is 0 Å². The SMILES string of the molecule is COC1(C(=O)NCCCCCN)CCCCC1.O=Cc1nc2ccccc2s1. The molecule has 0 radical (unpaired) electrons. The fourth-order valence-corrected chi connectivity index (χ4v) is 4.18. The minimum Gasteiger partial charge on any atom is -0.368 e. The van der Waals surface area contributed by atoms with Gasteiger partial charge in [-0.05, 0) is 44.4 Å². The molecule has 154 valence electrons. The predicted octanol–water partition coefficient (Wildman–Crippen LogP) is 3.69. The number of unbranched alkanes of at least 4 members (excludes halogenated alkanes) is 2. The largest absolute Gasteiger partial charge is 0.368 e. The van der Waals surface area contributed by atoms with Gasteiger partial charge < -0.3 is 15.8 Å². The molecule has 1 amide bonds. The molecule has 28 heavy (non-hydrogen) atoms. The quantitative estimate of drug-likeness (QED) is 0.516. The lowest BCUT2D eigenvalue weighted by Crippen LogP contribution is -2.49. The minimum atomic E-state index is -0.549. The minimum absolute atomic E-state index is 0.0763. The van der Waals surface area contributed by atoms with Gasteiger partial charge in [0.15, 0.2) is 11.3 Å². The normalized spacial score (nSPS) is 15.5. The molecule has 1 heterocycles. The van der Waals surface area contributed by atoms with Gasteiger partial charge in [-0.15, -0.1) is 11.3 Å². The second kappa shape index (κ2) is 11.9. The Kier molecular flexibility index (Phi) is 9.54. The first-order valence-electron chi connectivity index (χ1n) is 9.99. The first kappa shape index (κ1) is 22.5. The van der Waals surface area contributed by atoms with Crippen LogP contribution in [0.25, 0.3) is 10.2 Å². The molecule has 0 saturated heterocycles. The van der Waals surface area contributed by atoms with Crippen molar-refractivity contribution in [1.82, 2.24) is 10.3 Å². The third-order valence-corrected chi connectivity index (χ3v) is 6.01. The maximum absolute atomic E-state index is 12.1. The fraction of sp³-hybridized carbons (Fsp3) is 0.571. The van der Waals surface area contributed by atoms with Crippen LogP contribution in [-0.4, -0.2) is 43.0 Å². The Hall–Kier alpha value is -1.83. The summed E-state index contributed by atoms with van der Waals surface area (Å²) >= 11 is 1.42. The molecular formula is C21H31N3O3S. The highest BCUT2D eigenvalue weighted by atomic mass is 32.1. The Morgan fingerprint density at radius 1 is 1.25 bits per heavy atom. The smallest absolute Gasteiger partial charge is 0.252 e. The molecule has 1 aromatic carbocycles. The van der Waals surface area contributed by atoms with Crippen LogP contribution in [0.3, 0.4) is 0 Å². The van der Waals surface area contributed by atoms with Gasteiger partial charge in [0.05, 0.1) is 10.2 Å². The Labute approximate surface area is 170 Å². The van der Waals surface area contributed by atoms with Gasteiger partial charge in [0.25, 0.3) is 5.91 Å². The van der Waals surface area contributed by atoms with E-state index in [-0.39, 0.29) is 5.91 Å². The van der Waals surface area contributed by atoms with Gasteiger partial charge in [-0.2, -0.15) is 0 Å². The number of nitrogens with two attached hydrogens (primary N) is 1. The monoisotopic (exact) mass is 405 g/mol. The van der Waals surface area contributed by atoms with Gasteiger partial charge in [0.1, 0.15) is 5.60 Å². The van der Waals surface area contributed by atoms with Crippen molar-refractivity contribution < 1.29 is 14.3 Å². The molecular weight excluding hydrogens is 374 g/mol. The number of nitrogens with one attached hydrogen (secondary N) is 1. The first-order valence-corrected chi connectivity index (χ1v) is 10.8. The first-order chi connectivity index (χ1) is 13.6. The van der Waals surface area contributed by atoms with Gasteiger partial charge in [-0.25, -0.2) is 4.98 Å². The zero-order chi connectivity index (χ0) is 20.2. The molecule has 7 heteroatoms. The number of hydrogen-bond donors (Lipinski definition) is 2. The van der Waals surface area contributed by atoms with Crippen molar-refractivity contribution in [3.8, 4) is 0 Å². The lowest BCUT2D eigenvalue weighted by atomic mass is 9.84. The molecule has 0 unspecified atom stereocenters. The second-order valence-corrected chi connectivity index (χ2v) is 8.06. The second-order valence-electron chi connectivity index (χ2n) is 7.00. The molecule has 0 aliphatic heterocycles. The molecule has 0 spiro atoms. The third-order valence-electron chi connectivity index (χ3n) is 5.04. The van der Waals surface area contributed by atoms with Crippen molar-refractivity contribution in [1.29, 1.82) is 0 Å². The van der Waals surface area contributed by atoms with Crippen LogP contribution in [0.1, 0.15) is 61.2 Å². The number of amides is 1. The summed E-state index contributed by atoms with van der Waals surface area (Å²) in [5.41, 5.74) is 5.78. The van der Waals surface area contributed by atoms with Crippen molar-refractivity contribution in [3.63, 3.8) is 0 Å². The Bertz CT molecular complexity index is 708. The fourth-order valence-electron chi connectivity index (χ4n) is 3.40. The van der Waals surface area contributed by atoms with Crippen molar-refractivity contribution in [3.05, 3.63) is 29.3 Å². The lowest BCUT2D eigenvalue weighted by Gasteiger charge is -2.34. The Morgan fingerprint density at radius 2 is 2.00 bits per heavy atom. The highest BCUT2D eigenvalue weighted by molar-refractivity contribution is 7.19. The van der Waals surface area contributed by atoms with Gasteiger partial charge in [-0.1, -0.05) is 37.8 Å². The van der Waals surface area contributed by atoms with E-state index < -0.39 is 5.60 Å². The van der Waals surface area contributed by atoms with Crippen molar-refractivity contribution in [2.75, 3.05) is 20.2 Å². The summed E-state index contributed by atoms with van der Waals surface area (Å²) < 4.78 is 6.55. The van der Waals surface area contributed by atoms with E-state index in [4.69, 9.17) is 10.5 Å². The summed E-state index contributed by atoms with van der Waals surface area (Å²) in [7, 11) is 1.65. The molecule has 3 N–H and O–H groups in total. The summed E-state index contributed by atoms with van der Waals surface area (Å²) in [5.74, 6) is 0.0763. The Balaban J connectivity index is 0.000000218. The lowest BCUT2D eigenvalue weighted by molar-refractivity contribution is -0.147. The summed E-state index contributed by atoms with van der Waals surface area (Å²) in [6.45, 7) is 1.47. The van der Waals surface area contributed by atoms with Crippen LogP contribution >= 0.6 is 11.3 Å². The molecule has 1 aliphatic rings. The Morgan fingerprint density at radius 3 is 2.64 bits per heavy atom. The average Bonchev–Trinajstić information content (AvgIpc) is 3.18. The number of ether oxygens (including phenoxy) is 1. The molecule has 1 saturated carbocycles. The zero-order valence-electron chi connectivity index (χ0n) is 16.6. The maximum Gasteiger partial charge on any atom is 0.252 e. The number of thiazole rings is 1. The predicted molar refractivity (Wildman–Crippen MR) is 114 cm³/mol.